The van der Waals surface area contributed by atoms with Crippen LogP contribution in [0.5, 0.6) is 5.75 Å². The molecular formula is C33H34BrN3O4S. The molecule has 1 amide bonds. The van der Waals surface area contributed by atoms with Crippen LogP contribution in [0, 0.1) is 0 Å². The first-order chi connectivity index (χ1) is 20.4. The lowest BCUT2D eigenvalue weighted by Gasteiger charge is -2.39. The fourth-order valence-electron chi connectivity index (χ4n) is 5.16. The Hall–Kier alpha value is -3.50. The van der Waals surface area contributed by atoms with E-state index in [-0.39, 0.29) is 16.8 Å². The summed E-state index contributed by atoms with van der Waals surface area (Å²) in [5, 5.41) is 2.85. The van der Waals surface area contributed by atoms with E-state index in [1.54, 1.807) is 40.7 Å². The van der Waals surface area contributed by atoms with E-state index < -0.39 is 10.0 Å². The van der Waals surface area contributed by atoms with Crippen LogP contribution in [0.1, 0.15) is 40.9 Å². The highest BCUT2D eigenvalue weighted by molar-refractivity contribution is 9.10. The van der Waals surface area contributed by atoms with Crippen LogP contribution in [-0.2, 0) is 10.0 Å². The zero-order valence-corrected chi connectivity index (χ0v) is 25.9. The van der Waals surface area contributed by atoms with Crippen LogP contribution in [0.3, 0.4) is 0 Å². The molecule has 1 heterocycles. The maximum atomic E-state index is 13.5. The summed E-state index contributed by atoms with van der Waals surface area (Å²) >= 11 is 3.41. The van der Waals surface area contributed by atoms with Crippen LogP contribution in [0.15, 0.2) is 112 Å². The topological polar surface area (TPSA) is 78.9 Å². The Morgan fingerprint density at radius 1 is 0.857 bits per heavy atom. The molecule has 1 aliphatic heterocycles. The van der Waals surface area contributed by atoms with E-state index in [1.807, 2.05) is 49.4 Å². The zero-order chi connectivity index (χ0) is 29.5. The van der Waals surface area contributed by atoms with Crippen LogP contribution < -0.4 is 10.1 Å². The van der Waals surface area contributed by atoms with E-state index >= 15 is 0 Å². The number of halogens is 1. The van der Waals surface area contributed by atoms with Crippen molar-refractivity contribution in [2.24, 2.45) is 0 Å². The number of ether oxygens (including phenoxy) is 1. The first-order valence-electron chi connectivity index (χ1n) is 14.0. The number of rotatable bonds is 10. The zero-order valence-electron chi connectivity index (χ0n) is 23.4. The number of benzene rings is 4. The third-order valence-electron chi connectivity index (χ3n) is 7.27. The van der Waals surface area contributed by atoms with Gasteiger partial charge in [0, 0.05) is 36.3 Å². The molecule has 0 atom stereocenters. The molecule has 1 N–H and O–H groups in total. The molecule has 0 bridgehead atoms. The second kappa shape index (κ2) is 13.6. The van der Waals surface area contributed by atoms with Crippen molar-refractivity contribution in [3.05, 3.63) is 124 Å². The second-order valence-electron chi connectivity index (χ2n) is 10.1. The Labute approximate surface area is 256 Å². The molecule has 0 aromatic heterocycles. The van der Waals surface area contributed by atoms with Gasteiger partial charge >= 0.3 is 0 Å². The Balaban J connectivity index is 1.26. The Morgan fingerprint density at radius 2 is 1.45 bits per heavy atom. The van der Waals surface area contributed by atoms with Crippen molar-refractivity contribution < 1.29 is 17.9 Å². The summed E-state index contributed by atoms with van der Waals surface area (Å²) in [6.45, 7) is 4.50. The monoisotopic (exact) mass is 647 g/mol. The molecule has 0 saturated carbocycles. The first-order valence-corrected chi connectivity index (χ1v) is 16.3. The van der Waals surface area contributed by atoms with Gasteiger partial charge in [0.05, 0.1) is 23.1 Å². The van der Waals surface area contributed by atoms with Gasteiger partial charge in [-0.15, -0.1) is 0 Å². The van der Waals surface area contributed by atoms with Gasteiger partial charge in [0.1, 0.15) is 5.75 Å². The van der Waals surface area contributed by atoms with Gasteiger partial charge in [-0.05, 0) is 60.0 Å². The maximum Gasteiger partial charge on any atom is 0.259 e. The molecule has 4 aromatic rings. The summed E-state index contributed by atoms with van der Waals surface area (Å²) in [7, 11) is -3.69. The summed E-state index contributed by atoms with van der Waals surface area (Å²) < 4.78 is 35.1. The molecule has 218 valence electrons. The SMILES string of the molecule is CCCOc1ccc(Br)cc1C(=O)Nc1ccc(S(=O)(=O)N2CCN(C(c3ccccc3)c3ccccc3)CC2)cc1. The Morgan fingerprint density at radius 3 is 2.02 bits per heavy atom. The third-order valence-corrected chi connectivity index (χ3v) is 9.67. The fourth-order valence-corrected chi connectivity index (χ4v) is 6.95. The minimum atomic E-state index is -3.69. The Bertz CT molecular complexity index is 1550. The number of anilines is 1. The average Bonchev–Trinajstić information content (AvgIpc) is 3.02. The lowest BCUT2D eigenvalue weighted by atomic mass is 9.96. The van der Waals surface area contributed by atoms with Crippen LogP contribution in [0.2, 0.25) is 0 Å². The van der Waals surface area contributed by atoms with E-state index in [0.717, 1.165) is 10.9 Å². The highest BCUT2D eigenvalue weighted by atomic mass is 79.9. The van der Waals surface area contributed by atoms with Crippen molar-refractivity contribution in [2.45, 2.75) is 24.3 Å². The maximum absolute atomic E-state index is 13.5. The molecule has 1 aliphatic rings. The highest BCUT2D eigenvalue weighted by Gasteiger charge is 2.32. The molecule has 1 fully saturated rings. The quantitative estimate of drug-likeness (QED) is 0.210. The summed E-state index contributed by atoms with van der Waals surface area (Å²) in [6.07, 6.45) is 0.822. The van der Waals surface area contributed by atoms with Gasteiger partial charge in [-0.25, -0.2) is 8.42 Å². The van der Waals surface area contributed by atoms with Crippen LogP contribution in [-0.4, -0.2) is 56.3 Å². The van der Waals surface area contributed by atoms with Gasteiger partial charge < -0.3 is 10.1 Å². The number of hydrogen-bond donors (Lipinski definition) is 1. The van der Waals surface area contributed by atoms with Crippen LogP contribution in [0.25, 0.3) is 0 Å². The molecule has 0 aliphatic carbocycles. The van der Waals surface area contributed by atoms with Crippen LogP contribution >= 0.6 is 15.9 Å². The molecule has 0 spiro atoms. The molecule has 0 radical (unpaired) electrons. The molecule has 5 rings (SSSR count). The summed E-state index contributed by atoms with van der Waals surface area (Å²) in [5.41, 5.74) is 3.27. The first kappa shape index (κ1) is 30.0. The minimum absolute atomic E-state index is 0.0540. The van der Waals surface area contributed by atoms with Gasteiger partial charge in [0.2, 0.25) is 10.0 Å². The Kier molecular flexibility index (Phi) is 9.74. The van der Waals surface area contributed by atoms with E-state index in [9.17, 15) is 13.2 Å². The number of piperazine rings is 1. The minimum Gasteiger partial charge on any atom is -0.493 e. The molecule has 7 nitrogen and oxygen atoms in total. The van der Waals surface area contributed by atoms with E-state index in [1.165, 1.54) is 11.1 Å². The fraction of sp³-hybridized carbons (Fsp3) is 0.242. The number of carbonyl (C=O) groups is 1. The largest absolute Gasteiger partial charge is 0.493 e. The van der Waals surface area contributed by atoms with Crippen molar-refractivity contribution in [1.82, 2.24) is 9.21 Å². The molecule has 0 unspecified atom stereocenters. The molecule has 1 saturated heterocycles. The number of carbonyl (C=O) groups excluding carboxylic acids is 1. The summed E-state index contributed by atoms with van der Waals surface area (Å²) in [4.78, 5) is 15.6. The summed E-state index contributed by atoms with van der Waals surface area (Å²) in [5.74, 6) is 0.165. The van der Waals surface area contributed by atoms with Gasteiger partial charge in [0.15, 0.2) is 0 Å². The van der Waals surface area contributed by atoms with Crippen LogP contribution in [0.4, 0.5) is 5.69 Å². The number of nitrogens with one attached hydrogen (secondary N) is 1. The number of nitrogens with zero attached hydrogens (tertiary/aromatic N) is 2. The number of sulfonamides is 1. The van der Waals surface area contributed by atoms with E-state index in [4.69, 9.17) is 4.74 Å². The van der Waals surface area contributed by atoms with Crippen molar-refractivity contribution in [2.75, 3.05) is 38.1 Å². The molecule has 4 aromatic carbocycles. The van der Waals surface area contributed by atoms with Crippen molar-refractivity contribution >= 4 is 37.5 Å². The normalized spacial score (nSPS) is 14.5. The van der Waals surface area contributed by atoms with E-state index in [0.29, 0.717) is 49.8 Å². The predicted molar refractivity (Wildman–Crippen MR) is 169 cm³/mol. The second-order valence-corrected chi connectivity index (χ2v) is 13.0. The lowest BCUT2D eigenvalue weighted by molar-refractivity contribution is 0.102. The standard InChI is InChI=1S/C33H34BrN3O4S/c1-2-23-41-31-18-13-27(34)24-30(31)33(38)35-28-14-16-29(17-15-28)42(39,40)37-21-19-36(20-22-37)32(25-9-5-3-6-10-25)26-11-7-4-8-12-26/h3-18,24,32H,2,19-23H2,1H3,(H,35,38). The van der Waals surface area contributed by atoms with Gasteiger partial charge in [-0.3, -0.25) is 9.69 Å². The molecular weight excluding hydrogens is 614 g/mol. The van der Waals surface area contributed by atoms with Gasteiger partial charge in [-0.1, -0.05) is 83.5 Å². The lowest BCUT2D eigenvalue weighted by Crippen LogP contribution is -2.49. The molecule has 42 heavy (non-hydrogen) atoms. The van der Waals surface area contributed by atoms with Gasteiger partial charge in [0.25, 0.3) is 5.91 Å². The van der Waals surface area contributed by atoms with Crippen molar-refractivity contribution in [1.29, 1.82) is 0 Å². The van der Waals surface area contributed by atoms with Gasteiger partial charge in [-0.2, -0.15) is 4.31 Å². The molecule has 9 heteroatoms. The smallest absolute Gasteiger partial charge is 0.259 e. The van der Waals surface area contributed by atoms with Crippen molar-refractivity contribution in [3.8, 4) is 5.75 Å². The van der Waals surface area contributed by atoms with Crippen molar-refractivity contribution in [3.63, 3.8) is 0 Å². The average molecular weight is 649 g/mol. The third kappa shape index (κ3) is 6.93. The number of hydrogen-bond acceptors (Lipinski definition) is 5. The summed E-state index contributed by atoms with van der Waals surface area (Å²) in [6, 6.07) is 32.3. The number of amides is 1. The van der Waals surface area contributed by atoms with E-state index in [2.05, 4.69) is 50.4 Å². The highest BCUT2D eigenvalue weighted by Crippen LogP contribution is 2.31. The predicted octanol–water partition coefficient (Wildman–Crippen LogP) is 6.59.